The number of terminal acetylenes is 1. The van der Waals surface area contributed by atoms with Gasteiger partial charge in [-0.3, -0.25) is 0 Å². The fraction of sp³-hybridized carbons (Fsp3) is 0.0690. The van der Waals surface area contributed by atoms with Gasteiger partial charge in [0.25, 0.3) is 0 Å². The topological polar surface area (TPSA) is 26.3 Å². The number of hydrogen-bond donors (Lipinski definition) is 0. The molecule has 0 aromatic heterocycles. The van der Waals surface area contributed by atoms with Crippen LogP contribution in [0.4, 0.5) is 8.78 Å². The van der Waals surface area contributed by atoms with Crippen LogP contribution in [0.25, 0.3) is 0 Å². The number of rotatable bonds is 6. The molecule has 0 aliphatic rings. The van der Waals surface area contributed by atoms with Crippen LogP contribution >= 0.6 is 0 Å². The zero-order valence-electron chi connectivity index (χ0n) is 18.4. The highest BCUT2D eigenvalue weighted by molar-refractivity contribution is 7.97. The highest BCUT2D eigenvalue weighted by atomic mass is 32.2. The summed E-state index contributed by atoms with van der Waals surface area (Å²) in [5.41, 5.74) is -1.30. The third-order valence-corrected chi connectivity index (χ3v) is 7.50. The molecule has 1 unspecified atom stereocenters. The molecule has 0 aliphatic carbocycles. The van der Waals surface area contributed by atoms with Gasteiger partial charge in [0.15, 0.2) is 20.3 Å². The summed E-state index contributed by atoms with van der Waals surface area (Å²) in [5, 5.41) is 0. The van der Waals surface area contributed by atoms with E-state index in [9.17, 15) is 13.6 Å². The number of esters is 1. The lowest BCUT2D eigenvalue weighted by Crippen LogP contribution is -2.28. The summed E-state index contributed by atoms with van der Waals surface area (Å²) in [6.07, 6.45) is 5.59. The lowest BCUT2D eigenvalue weighted by molar-refractivity contribution is 0.0127. The lowest BCUT2D eigenvalue weighted by Gasteiger charge is -2.24. The smallest absolute Gasteiger partial charge is 0.339 e. The molecule has 0 spiro atoms. The fourth-order valence-electron chi connectivity index (χ4n) is 3.49. The van der Waals surface area contributed by atoms with Crippen molar-refractivity contribution in [2.45, 2.75) is 27.2 Å². The van der Waals surface area contributed by atoms with E-state index in [-0.39, 0.29) is 22.0 Å². The van der Waals surface area contributed by atoms with Crippen LogP contribution in [-0.2, 0) is 21.2 Å². The number of hydrogen-bond acceptors (Lipinski definition) is 2. The van der Waals surface area contributed by atoms with E-state index in [4.69, 9.17) is 11.2 Å². The number of carbonyl (C=O) groups excluding carboxylic acids is 1. The number of benzene rings is 4. The van der Waals surface area contributed by atoms with Crippen molar-refractivity contribution >= 4 is 16.9 Å². The van der Waals surface area contributed by atoms with Gasteiger partial charge in [0.05, 0.1) is 16.5 Å². The molecule has 5 heteroatoms. The van der Waals surface area contributed by atoms with Crippen molar-refractivity contribution in [1.29, 1.82) is 0 Å². The SMILES string of the molecule is C#CC(C)(OC(=O)c1ccc([S+](c2ccccc2)c2ccccc2)cc1)c1cc(F)cc(F)c1. The molecular formula is C29H21F2O2S+. The van der Waals surface area contributed by atoms with Crippen LogP contribution in [0.2, 0.25) is 0 Å². The average molecular weight is 472 g/mol. The van der Waals surface area contributed by atoms with Crippen LogP contribution in [0.15, 0.2) is 118 Å². The first-order chi connectivity index (χ1) is 16.4. The molecule has 1 atom stereocenters. The van der Waals surface area contributed by atoms with Gasteiger partial charge in [-0.25, -0.2) is 13.6 Å². The van der Waals surface area contributed by atoms with Crippen molar-refractivity contribution in [2.24, 2.45) is 0 Å². The first-order valence-corrected chi connectivity index (χ1v) is 11.7. The predicted octanol–water partition coefficient (Wildman–Crippen LogP) is 6.77. The van der Waals surface area contributed by atoms with Gasteiger partial charge in [-0.05, 0) is 67.6 Å². The third kappa shape index (κ3) is 5.03. The van der Waals surface area contributed by atoms with Gasteiger partial charge >= 0.3 is 5.97 Å². The Kier molecular flexibility index (Phi) is 6.81. The number of ether oxygens (including phenoxy) is 1. The van der Waals surface area contributed by atoms with Gasteiger partial charge in [0, 0.05) is 11.6 Å². The summed E-state index contributed by atoms with van der Waals surface area (Å²) < 4.78 is 32.9. The zero-order valence-corrected chi connectivity index (χ0v) is 19.2. The van der Waals surface area contributed by atoms with E-state index in [1.807, 2.05) is 48.5 Å². The molecule has 4 rings (SSSR count). The van der Waals surface area contributed by atoms with E-state index in [1.54, 1.807) is 12.1 Å². The van der Waals surface area contributed by atoms with Crippen molar-refractivity contribution in [3.05, 3.63) is 126 Å². The van der Waals surface area contributed by atoms with E-state index in [0.717, 1.165) is 32.9 Å². The molecule has 0 saturated heterocycles. The van der Waals surface area contributed by atoms with Crippen LogP contribution in [0.3, 0.4) is 0 Å². The van der Waals surface area contributed by atoms with Crippen molar-refractivity contribution < 1.29 is 18.3 Å². The molecule has 0 heterocycles. The van der Waals surface area contributed by atoms with Crippen LogP contribution in [0, 0.1) is 24.0 Å². The van der Waals surface area contributed by atoms with Gasteiger partial charge in [0.2, 0.25) is 0 Å². The minimum absolute atomic E-state index is 0.0483. The Bertz CT molecular complexity index is 1270. The second kappa shape index (κ2) is 9.94. The standard InChI is InChI=1S/C29H21F2O2S/c1-3-29(2,22-18-23(30)20-24(31)19-22)33-28(32)21-14-16-27(17-15-21)34(25-10-6-4-7-11-25)26-12-8-5-9-13-26/h1,4-20H,2H3/q+1. The fourth-order valence-corrected chi connectivity index (χ4v) is 5.58. The maximum absolute atomic E-state index is 13.7. The molecule has 0 aliphatic heterocycles. The molecular weight excluding hydrogens is 450 g/mol. The second-order valence-corrected chi connectivity index (χ2v) is 9.71. The van der Waals surface area contributed by atoms with E-state index in [2.05, 4.69) is 30.2 Å². The quantitative estimate of drug-likeness (QED) is 0.176. The molecule has 168 valence electrons. The van der Waals surface area contributed by atoms with Crippen molar-refractivity contribution in [2.75, 3.05) is 0 Å². The van der Waals surface area contributed by atoms with Gasteiger partial charge < -0.3 is 4.74 Å². The minimum atomic E-state index is -1.63. The summed E-state index contributed by atoms with van der Waals surface area (Å²) in [5.74, 6) is 0.0627. The van der Waals surface area contributed by atoms with E-state index in [0.29, 0.717) is 0 Å². The van der Waals surface area contributed by atoms with Gasteiger partial charge in [0.1, 0.15) is 11.6 Å². The summed E-state index contributed by atoms with van der Waals surface area (Å²) in [6, 6.07) is 30.2. The lowest BCUT2D eigenvalue weighted by atomic mass is 9.96. The first-order valence-electron chi connectivity index (χ1n) is 10.5. The highest BCUT2D eigenvalue weighted by Gasteiger charge is 2.32. The monoisotopic (exact) mass is 471 g/mol. The normalized spacial score (nSPS) is 12.6. The van der Waals surface area contributed by atoms with E-state index < -0.39 is 23.2 Å². The Morgan fingerprint density at radius 1 is 0.794 bits per heavy atom. The number of halogens is 2. The van der Waals surface area contributed by atoms with Gasteiger partial charge in [-0.1, -0.05) is 42.3 Å². The third-order valence-electron chi connectivity index (χ3n) is 5.27. The maximum Gasteiger partial charge on any atom is 0.339 e. The minimum Gasteiger partial charge on any atom is -0.438 e. The molecule has 0 bridgehead atoms. The van der Waals surface area contributed by atoms with Crippen molar-refractivity contribution in [3.8, 4) is 12.3 Å². The van der Waals surface area contributed by atoms with Crippen LogP contribution < -0.4 is 0 Å². The Labute approximate surface area is 200 Å². The molecule has 0 saturated carbocycles. The Hall–Kier alpha value is -3.88. The Morgan fingerprint density at radius 2 is 1.26 bits per heavy atom. The van der Waals surface area contributed by atoms with Crippen LogP contribution in [-0.4, -0.2) is 5.97 Å². The highest BCUT2D eigenvalue weighted by Crippen LogP contribution is 2.32. The van der Waals surface area contributed by atoms with E-state index in [1.165, 1.54) is 6.92 Å². The van der Waals surface area contributed by atoms with Crippen LogP contribution in [0.5, 0.6) is 0 Å². The van der Waals surface area contributed by atoms with Crippen molar-refractivity contribution in [1.82, 2.24) is 0 Å². The van der Waals surface area contributed by atoms with Crippen LogP contribution in [0.1, 0.15) is 22.8 Å². The molecule has 0 radical (unpaired) electrons. The molecule has 2 nitrogen and oxygen atoms in total. The molecule has 4 aromatic carbocycles. The largest absolute Gasteiger partial charge is 0.438 e. The van der Waals surface area contributed by atoms with E-state index >= 15 is 0 Å². The molecule has 0 fully saturated rings. The molecule has 4 aromatic rings. The summed E-state index contributed by atoms with van der Waals surface area (Å²) >= 11 is 0. The summed E-state index contributed by atoms with van der Waals surface area (Å²) in [6.45, 7) is 1.43. The molecule has 0 N–H and O–H groups in total. The van der Waals surface area contributed by atoms with Gasteiger partial charge in [-0.2, -0.15) is 0 Å². The number of carbonyl (C=O) groups is 1. The Balaban J connectivity index is 1.62. The first kappa shape index (κ1) is 23.3. The average Bonchev–Trinajstić information content (AvgIpc) is 2.85. The predicted molar refractivity (Wildman–Crippen MR) is 129 cm³/mol. The van der Waals surface area contributed by atoms with Crippen molar-refractivity contribution in [3.63, 3.8) is 0 Å². The summed E-state index contributed by atoms with van der Waals surface area (Å²) in [7, 11) is -0.360. The van der Waals surface area contributed by atoms with Gasteiger partial charge in [-0.15, -0.1) is 6.42 Å². The zero-order chi connectivity index (χ0) is 24.1. The Morgan fingerprint density at radius 3 is 1.74 bits per heavy atom. The maximum atomic E-state index is 13.7. The molecule has 0 amide bonds. The molecule has 34 heavy (non-hydrogen) atoms. The second-order valence-electron chi connectivity index (χ2n) is 7.68. The summed E-state index contributed by atoms with van der Waals surface area (Å²) in [4.78, 5) is 16.2.